The Morgan fingerprint density at radius 1 is 1.21 bits per heavy atom. The minimum absolute atomic E-state index is 0.0970. The summed E-state index contributed by atoms with van der Waals surface area (Å²) in [6.07, 6.45) is 1.33. The number of hydrogen-bond donors (Lipinski definition) is 2. The third-order valence-electron chi connectivity index (χ3n) is 4.45. The summed E-state index contributed by atoms with van der Waals surface area (Å²) in [6.45, 7) is 0. The van der Waals surface area contributed by atoms with E-state index in [0.29, 0.717) is 35.1 Å². The standard InChI is InChI=1S/C18H16ClFN4O3S/c1-24-17(18(25)21-10-3-7-15(20)14(19)8-10)13-6-2-11(9-16(13)22-24)23-28(26,27)12-4-5-12/h2-3,6-9,12,23H,4-5H2,1H3,(H,21,25). The lowest BCUT2D eigenvalue weighted by Gasteiger charge is -2.08. The van der Waals surface area contributed by atoms with Crippen molar-refractivity contribution in [2.75, 3.05) is 10.0 Å². The van der Waals surface area contributed by atoms with E-state index in [2.05, 4.69) is 15.1 Å². The number of nitrogens with zero attached hydrogens (tertiary/aromatic N) is 2. The van der Waals surface area contributed by atoms with E-state index in [1.54, 1.807) is 25.2 Å². The molecule has 1 aliphatic carbocycles. The van der Waals surface area contributed by atoms with Crippen LogP contribution in [0, 0.1) is 5.82 Å². The number of hydrogen-bond acceptors (Lipinski definition) is 4. The molecule has 4 rings (SSSR count). The summed E-state index contributed by atoms with van der Waals surface area (Å²) >= 11 is 5.75. The Labute approximate surface area is 165 Å². The minimum atomic E-state index is -3.38. The van der Waals surface area contributed by atoms with Crippen LogP contribution in [0.15, 0.2) is 36.4 Å². The zero-order valence-corrected chi connectivity index (χ0v) is 16.3. The van der Waals surface area contributed by atoms with Crippen molar-refractivity contribution >= 4 is 49.8 Å². The van der Waals surface area contributed by atoms with Gasteiger partial charge in [0.1, 0.15) is 11.5 Å². The average molecular weight is 423 g/mol. The Morgan fingerprint density at radius 2 is 1.93 bits per heavy atom. The fraction of sp³-hybridized carbons (Fsp3) is 0.222. The molecular formula is C18H16ClFN4O3S. The number of rotatable bonds is 5. The first kappa shape index (κ1) is 18.7. The highest BCUT2D eigenvalue weighted by Gasteiger charge is 2.35. The molecule has 0 saturated heterocycles. The first-order chi connectivity index (χ1) is 13.2. The van der Waals surface area contributed by atoms with Crippen molar-refractivity contribution in [1.82, 2.24) is 9.78 Å². The third kappa shape index (κ3) is 3.55. The average Bonchev–Trinajstić information content (AvgIpc) is 3.41. The van der Waals surface area contributed by atoms with Crippen molar-refractivity contribution < 1.29 is 17.6 Å². The Morgan fingerprint density at radius 3 is 2.61 bits per heavy atom. The largest absolute Gasteiger partial charge is 0.321 e. The van der Waals surface area contributed by atoms with Gasteiger partial charge in [0.25, 0.3) is 5.91 Å². The molecule has 1 heterocycles. The topological polar surface area (TPSA) is 93.1 Å². The molecule has 7 nitrogen and oxygen atoms in total. The van der Waals surface area contributed by atoms with Crippen LogP contribution in [0.25, 0.3) is 10.9 Å². The highest BCUT2D eigenvalue weighted by molar-refractivity contribution is 7.93. The van der Waals surface area contributed by atoms with E-state index < -0.39 is 21.7 Å². The minimum Gasteiger partial charge on any atom is -0.321 e. The molecular weight excluding hydrogens is 407 g/mol. The maximum absolute atomic E-state index is 13.3. The number of aryl methyl sites for hydroxylation is 1. The molecule has 0 aliphatic heterocycles. The van der Waals surface area contributed by atoms with Gasteiger partial charge in [-0.25, -0.2) is 12.8 Å². The van der Waals surface area contributed by atoms with Crippen LogP contribution in [0.1, 0.15) is 23.3 Å². The molecule has 0 radical (unpaired) electrons. The van der Waals surface area contributed by atoms with Gasteiger partial charge in [-0.05, 0) is 49.2 Å². The van der Waals surface area contributed by atoms with E-state index in [1.165, 1.54) is 16.8 Å². The second-order valence-corrected chi connectivity index (χ2v) is 9.00. The smallest absolute Gasteiger partial charge is 0.274 e. The van der Waals surface area contributed by atoms with E-state index in [-0.39, 0.29) is 16.0 Å². The third-order valence-corrected chi connectivity index (χ3v) is 6.61. The molecule has 10 heteroatoms. The highest BCUT2D eigenvalue weighted by Crippen LogP contribution is 2.31. The first-order valence-corrected chi connectivity index (χ1v) is 10.4. The zero-order chi connectivity index (χ0) is 20.1. The highest BCUT2D eigenvalue weighted by atomic mass is 35.5. The van der Waals surface area contributed by atoms with Crippen LogP contribution in [0.5, 0.6) is 0 Å². The number of sulfonamides is 1. The summed E-state index contributed by atoms with van der Waals surface area (Å²) in [6, 6.07) is 8.70. The number of carbonyl (C=O) groups is 1. The zero-order valence-electron chi connectivity index (χ0n) is 14.7. The van der Waals surface area contributed by atoms with Gasteiger partial charge in [0, 0.05) is 18.1 Å². The maximum atomic E-state index is 13.3. The van der Waals surface area contributed by atoms with Crippen LogP contribution < -0.4 is 10.0 Å². The molecule has 0 spiro atoms. The molecule has 1 fully saturated rings. The number of carbonyl (C=O) groups excluding carboxylic acids is 1. The van der Waals surface area contributed by atoms with E-state index in [9.17, 15) is 17.6 Å². The second kappa shape index (κ2) is 6.75. The number of amides is 1. The molecule has 0 atom stereocenters. The lowest BCUT2D eigenvalue weighted by Crippen LogP contribution is -2.17. The van der Waals surface area contributed by atoms with Crippen molar-refractivity contribution in [2.45, 2.75) is 18.1 Å². The normalized spacial score (nSPS) is 14.2. The van der Waals surface area contributed by atoms with Gasteiger partial charge in [-0.2, -0.15) is 5.10 Å². The lowest BCUT2D eigenvalue weighted by molar-refractivity contribution is 0.101. The number of halogens is 2. The Hall–Kier alpha value is -2.65. The number of fused-ring (bicyclic) bond motifs is 1. The van der Waals surface area contributed by atoms with Gasteiger partial charge < -0.3 is 5.32 Å². The lowest BCUT2D eigenvalue weighted by atomic mass is 10.2. The van der Waals surface area contributed by atoms with Gasteiger partial charge in [-0.3, -0.25) is 14.2 Å². The molecule has 0 bridgehead atoms. The summed E-state index contributed by atoms with van der Waals surface area (Å²) in [7, 11) is -1.77. The Kier molecular flexibility index (Phi) is 4.51. The van der Waals surface area contributed by atoms with Crippen LogP contribution in [0.4, 0.5) is 15.8 Å². The second-order valence-electron chi connectivity index (χ2n) is 6.63. The fourth-order valence-electron chi connectivity index (χ4n) is 2.92. The molecule has 3 aromatic rings. The molecule has 0 unspecified atom stereocenters. The van der Waals surface area contributed by atoms with Crippen molar-refractivity contribution in [3.05, 3.63) is 52.9 Å². The summed E-state index contributed by atoms with van der Waals surface area (Å²) in [5.74, 6) is -1.02. The summed E-state index contributed by atoms with van der Waals surface area (Å²) in [5, 5.41) is 7.08. The maximum Gasteiger partial charge on any atom is 0.274 e. The molecule has 2 N–H and O–H groups in total. The number of benzene rings is 2. The van der Waals surface area contributed by atoms with Gasteiger partial charge in [-0.1, -0.05) is 11.6 Å². The van der Waals surface area contributed by atoms with Gasteiger partial charge >= 0.3 is 0 Å². The van der Waals surface area contributed by atoms with Crippen LogP contribution in [0.2, 0.25) is 5.02 Å². The van der Waals surface area contributed by atoms with E-state index in [1.807, 2.05) is 0 Å². The van der Waals surface area contributed by atoms with E-state index in [4.69, 9.17) is 11.6 Å². The number of anilines is 2. The van der Waals surface area contributed by atoms with E-state index >= 15 is 0 Å². The molecule has 1 aliphatic rings. The summed E-state index contributed by atoms with van der Waals surface area (Å²) < 4.78 is 41.4. The monoisotopic (exact) mass is 422 g/mol. The number of nitrogens with one attached hydrogen (secondary N) is 2. The first-order valence-electron chi connectivity index (χ1n) is 8.49. The van der Waals surface area contributed by atoms with Gasteiger partial charge in [0.05, 0.1) is 21.5 Å². The van der Waals surface area contributed by atoms with Gasteiger partial charge in [0.2, 0.25) is 10.0 Å². The molecule has 1 aromatic heterocycles. The van der Waals surface area contributed by atoms with Crippen molar-refractivity contribution in [2.24, 2.45) is 7.05 Å². The van der Waals surface area contributed by atoms with Crippen LogP contribution in [0.3, 0.4) is 0 Å². The van der Waals surface area contributed by atoms with Gasteiger partial charge in [-0.15, -0.1) is 0 Å². The van der Waals surface area contributed by atoms with Gasteiger partial charge in [0.15, 0.2) is 0 Å². The molecule has 146 valence electrons. The predicted octanol–water partition coefficient (Wildman–Crippen LogP) is 3.52. The molecule has 1 saturated carbocycles. The summed E-state index contributed by atoms with van der Waals surface area (Å²) in [4.78, 5) is 12.7. The fourth-order valence-corrected chi connectivity index (χ4v) is 4.48. The van der Waals surface area contributed by atoms with Crippen molar-refractivity contribution in [3.63, 3.8) is 0 Å². The van der Waals surface area contributed by atoms with Crippen LogP contribution in [-0.4, -0.2) is 29.4 Å². The summed E-state index contributed by atoms with van der Waals surface area (Å²) in [5.41, 5.74) is 1.50. The Balaban J connectivity index is 1.62. The molecule has 1 amide bonds. The Bertz CT molecular complexity index is 1210. The van der Waals surface area contributed by atoms with Crippen molar-refractivity contribution in [3.8, 4) is 0 Å². The quantitative estimate of drug-likeness (QED) is 0.657. The van der Waals surface area contributed by atoms with Crippen LogP contribution >= 0.6 is 11.6 Å². The van der Waals surface area contributed by atoms with Crippen LogP contribution in [-0.2, 0) is 17.1 Å². The van der Waals surface area contributed by atoms with Crippen molar-refractivity contribution in [1.29, 1.82) is 0 Å². The number of aromatic nitrogens is 2. The molecule has 2 aromatic carbocycles. The SMILES string of the molecule is Cn1nc2cc(NS(=O)(=O)C3CC3)ccc2c1C(=O)Nc1ccc(F)c(Cl)c1. The molecule has 28 heavy (non-hydrogen) atoms. The van der Waals surface area contributed by atoms with E-state index in [0.717, 1.165) is 6.07 Å². The predicted molar refractivity (Wildman–Crippen MR) is 106 cm³/mol.